The third-order valence-corrected chi connectivity index (χ3v) is 4.14. The summed E-state index contributed by atoms with van der Waals surface area (Å²) in [6, 6.07) is 11.7. The Kier molecular flexibility index (Phi) is 5.09. The number of carbonyl (C=O) groups is 1. The van der Waals surface area contributed by atoms with E-state index < -0.39 is 5.82 Å². The van der Waals surface area contributed by atoms with E-state index in [0.29, 0.717) is 5.56 Å². The Hall–Kier alpha value is -2.73. The van der Waals surface area contributed by atoms with Gasteiger partial charge in [0.15, 0.2) is 0 Å². The van der Waals surface area contributed by atoms with Crippen molar-refractivity contribution >= 4 is 17.3 Å². The van der Waals surface area contributed by atoms with Crippen LogP contribution in [0.1, 0.15) is 34.8 Å². The van der Waals surface area contributed by atoms with Crippen molar-refractivity contribution in [3.8, 4) is 0 Å². The van der Waals surface area contributed by atoms with Crippen molar-refractivity contribution in [1.29, 1.82) is 0 Å². The van der Waals surface area contributed by atoms with E-state index in [0.717, 1.165) is 29.9 Å². The Bertz CT molecular complexity index is 803. The summed E-state index contributed by atoms with van der Waals surface area (Å²) in [5, 5.41) is 18.2. The lowest BCUT2D eigenvalue weighted by Gasteiger charge is -2.14. The second-order valence-electron chi connectivity index (χ2n) is 6.02. The molecule has 2 aromatic rings. The fourth-order valence-corrected chi connectivity index (χ4v) is 2.69. The van der Waals surface area contributed by atoms with E-state index in [1.165, 1.54) is 6.07 Å². The van der Waals surface area contributed by atoms with Crippen LogP contribution < -0.4 is 10.3 Å². The SMILES string of the molecule is CC1=NN(c2ccc(C(=O)NCc3ccc(F)c(CO)c3)cc2)CC1. The molecule has 1 heterocycles. The summed E-state index contributed by atoms with van der Waals surface area (Å²) in [7, 11) is 0. The quantitative estimate of drug-likeness (QED) is 0.879. The maximum atomic E-state index is 13.4. The molecular formula is C19H20FN3O2. The molecule has 6 heteroatoms. The first kappa shape index (κ1) is 17.1. The van der Waals surface area contributed by atoms with Crippen molar-refractivity contribution in [2.24, 2.45) is 5.10 Å². The molecule has 2 aromatic carbocycles. The van der Waals surface area contributed by atoms with Crippen LogP contribution in [0.3, 0.4) is 0 Å². The zero-order valence-corrected chi connectivity index (χ0v) is 14.0. The Morgan fingerprint density at radius 2 is 2.04 bits per heavy atom. The van der Waals surface area contributed by atoms with Gasteiger partial charge in [0, 0.05) is 36.3 Å². The van der Waals surface area contributed by atoms with Gasteiger partial charge in [0.2, 0.25) is 0 Å². The van der Waals surface area contributed by atoms with Gasteiger partial charge in [-0.05, 0) is 48.9 Å². The lowest BCUT2D eigenvalue weighted by Crippen LogP contribution is -2.23. The summed E-state index contributed by atoms with van der Waals surface area (Å²) in [5.41, 5.74) is 3.56. The number of anilines is 1. The molecule has 1 aliphatic heterocycles. The number of benzene rings is 2. The number of amides is 1. The van der Waals surface area contributed by atoms with Crippen LogP contribution in [-0.4, -0.2) is 23.3 Å². The molecule has 0 radical (unpaired) electrons. The van der Waals surface area contributed by atoms with Gasteiger partial charge in [0.05, 0.1) is 12.3 Å². The van der Waals surface area contributed by atoms with E-state index in [-0.39, 0.29) is 24.6 Å². The van der Waals surface area contributed by atoms with E-state index in [9.17, 15) is 9.18 Å². The predicted octanol–water partition coefficient (Wildman–Crippen LogP) is 2.83. The highest BCUT2D eigenvalue weighted by molar-refractivity contribution is 5.94. The molecule has 1 amide bonds. The summed E-state index contributed by atoms with van der Waals surface area (Å²) in [5.74, 6) is -0.657. The summed E-state index contributed by atoms with van der Waals surface area (Å²) < 4.78 is 13.4. The topological polar surface area (TPSA) is 64.9 Å². The van der Waals surface area contributed by atoms with E-state index >= 15 is 0 Å². The molecule has 2 N–H and O–H groups in total. The van der Waals surface area contributed by atoms with Gasteiger partial charge in [0.1, 0.15) is 5.82 Å². The van der Waals surface area contributed by atoms with Gasteiger partial charge in [0.25, 0.3) is 5.91 Å². The lowest BCUT2D eigenvalue weighted by molar-refractivity contribution is 0.0951. The number of nitrogens with one attached hydrogen (secondary N) is 1. The summed E-state index contributed by atoms with van der Waals surface area (Å²) in [4.78, 5) is 12.2. The fourth-order valence-electron chi connectivity index (χ4n) is 2.69. The monoisotopic (exact) mass is 341 g/mol. The molecule has 0 unspecified atom stereocenters. The minimum Gasteiger partial charge on any atom is -0.392 e. The highest BCUT2D eigenvalue weighted by atomic mass is 19.1. The van der Waals surface area contributed by atoms with Gasteiger partial charge >= 0.3 is 0 Å². The molecule has 0 bridgehead atoms. The van der Waals surface area contributed by atoms with Crippen LogP contribution in [-0.2, 0) is 13.2 Å². The molecule has 0 fully saturated rings. The van der Waals surface area contributed by atoms with Crippen LogP contribution >= 0.6 is 0 Å². The van der Waals surface area contributed by atoms with Crippen LogP contribution in [0.2, 0.25) is 0 Å². The van der Waals surface area contributed by atoms with Crippen molar-refractivity contribution in [2.45, 2.75) is 26.5 Å². The number of carbonyl (C=O) groups excluding carboxylic acids is 1. The molecule has 0 aliphatic carbocycles. The number of aliphatic hydroxyl groups is 1. The number of halogens is 1. The molecule has 0 saturated carbocycles. The molecule has 0 spiro atoms. The molecule has 0 saturated heterocycles. The van der Waals surface area contributed by atoms with Crippen molar-refractivity contribution in [3.63, 3.8) is 0 Å². The van der Waals surface area contributed by atoms with Gasteiger partial charge in [-0.3, -0.25) is 9.80 Å². The Morgan fingerprint density at radius 3 is 2.68 bits per heavy atom. The minimum absolute atomic E-state index is 0.206. The molecular weight excluding hydrogens is 321 g/mol. The van der Waals surface area contributed by atoms with Gasteiger partial charge in [-0.25, -0.2) is 4.39 Å². The van der Waals surface area contributed by atoms with E-state index in [1.54, 1.807) is 24.3 Å². The zero-order chi connectivity index (χ0) is 17.8. The maximum Gasteiger partial charge on any atom is 0.251 e. The van der Waals surface area contributed by atoms with Crippen molar-refractivity contribution in [3.05, 3.63) is 65.0 Å². The van der Waals surface area contributed by atoms with Gasteiger partial charge in [-0.1, -0.05) is 6.07 Å². The van der Waals surface area contributed by atoms with E-state index in [1.807, 2.05) is 24.1 Å². The van der Waals surface area contributed by atoms with Crippen LogP contribution in [0.25, 0.3) is 0 Å². The number of aliphatic hydroxyl groups excluding tert-OH is 1. The second kappa shape index (κ2) is 7.44. The van der Waals surface area contributed by atoms with Crippen molar-refractivity contribution < 1.29 is 14.3 Å². The largest absolute Gasteiger partial charge is 0.392 e. The fraction of sp³-hybridized carbons (Fsp3) is 0.263. The molecule has 25 heavy (non-hydrogen) atoms. The van der Waals surface area contributed by atoms with Crippen LogP contribution in [0, 0.1) is 5.82 Å². The first-order valence-electron chi connectivity index (χ1n) is 8.15. The highest BCUT2D eigenvalue weighted by Gasteiger charge is 2.13. The average Bonchev–Trinajstić information content (AvgIpc) is 3.07. The van der Waals surface area contributed by atoms with Crippen molar-refractivity contribution in [2.75, 3.05) is 11.6 Å². The normalized spacial score (nSPS) is 13.7. The molecule has 1 aliphatic rings. The number of hydrogen-bond acceptors (Lipinski definition) is 4. The Morgan fingerprint density at radius 1 is 1.28 bits per heavy atom. The highest BCUT2D eigenvalue weighted by Crippen LogP contribution is 2.20. The van der Waals surface area contributed by atoms with Crippen LogP contribution in [0.5, 0.6) is 0 Å². The molecule has 5 nitrogen and oxygen atoms in total. The number of hydrazone groups is 1. The minimum atomic E-state index is -0.451. The summed E-state index contributed by atoms with van der Waals surface area (Å²) >= 11 is 0. The Labute approximate surface area is 145 Å². The predicted molar refractivity (Wildman–Crippen MR) is 95.0 cm³/mol. The van der Waals surface area contributed by atoms with Gasteiger partial charge in [-0.15, -0.1) is 0 Å². The van der Waals surface area contributed by atoms with E-state index in [4.69, 9.17) is 5.11 Å². The van der Waals surface area contributed by atoms with E-state index in [2.05, 4.69) is 10.4 Å². The maximum absolute atomic E-state index is 13.4. The Balaban J connectivity index is 1.61. The smallest absolute Gasteiger partial charge is 0.251 e. The van der Waals surface area contributed by atoms with Gasteiger partial charge < -0.3 is 10.4 Å². The zero-order valence-electron chi connectivity index (χ0n) is 14.0. The van der Waals surface area contributed by atoms with Gasteiger partial charge in [-0.2, -0.15) is 5.10 Å². The second-order valence-corrected chi connectivity index (χ2v) is 6.02. The third-order valence-electron chi connectivity index (χ3n) is 4.14. The first-order chi connectivity index (χ1) is 12.1. The first-order valence-corrected chi connectivity index (χ1v) is 8.15. The average molecular weight is 341 g/mol. The standard InChI is InChI=1S/C19H20FN3O2/c1-13-8-9-23(22-13)17-5-3-15(4-6-17)19(25)21-11-14-2-7-18(20)16(10-14)12-24/h2-7,10,24H,8-9,11-12H2,1H3,(H,21,25). The molecule has 0 atom stereocenters. The molecule has 130 valence electrons. The third kappa shape index (κ3) is 4.03. The van der Waals surface area contributed by atoms with Crippen LogP contribution in [0.15, 0.2) is 47.6 Å². The number of rotatable bonds is 5. The number of nitrogens with zero attached hydrogens (tertiary/aromatic N) is 2. The lowest BCUT2D eigenvalue weighted by atomic mass is 10.1. The number of hydrogen-bond donors (Lipinski definition) is 2. The summed E-state index contributed by atoms with van der Waals surface area (Å²) in [6.07, 6.45) is 0.954. The van der Waals surface area contributed by atoms with Crippen molar-refractivity contribution in [1.82, 2.24) is 5.32 Å². The van der Waals surface area contributed by atoms with Crippen LogP contribution in [0.4, 0.5) is 10.1 Å². The molecule has 3 rings (SSSR count). The molecule has 0 aromatic heterocycles. The summed E-state index contributed by atoms with van der Waals surface area (Å²) in [6.45, 7) is 2.76.